The summed E-state index contributed by atoms with van der Waals surface area (Å²) in [6.07, 6.45) is 6.16. The van der Waals surface area contributed by atoms with Gasteiger partial charge in [-0.05, 0) is 61.8 Å². The number of carbonyl (C=O) groups excluding carboxylic acids is 1. The summed E-state index contributed by atoms with van der Waals surface area (Å²) in [6, 6.07) is 7.89. The number of amides is 1. The minimum Gasteiger partial charge on any atom is -0.326 e. The van der Waals surface area contributed by atoms with Crippen LogP contribution < -0.4 is 5.32 Å². The van der Waals surface area contributed by atoms with Crippen LogP contribution >= 0.6 is 39.5 Å². The van der Waals surface area contributed by atoms with Gasteiger partial charge in [0.05, 0.1) is 4.08 Å². The molecule has 1 aromatic rings. The Hall–Kier alpha value is -0.130. The van der Waals surface area contributed by atoms with Crippen molar-refractivity contribution < 1.29 is 4.79 Å². The lowest BCUT2D eigenvalue weighted by Gasteiger charge is -2.52. The van der Waals surface area contributed by atoms with E-state index in [0.717, 1.165) is 34.8 Å². The largest absolute Gasteiger partial charge is 0.326 e. The maximum atomic E-state index is 12.8. The highest BCUT2D eigenvalue weighted by Gasteiger charge is 2.55. The zero-order valence-corrected chi connectivity index (χ0v) is 16.3. The first-order valence-corrected chi connectivity index (χ1v) is 11.3. The first-order chi connectivity index (χ1) is 11.2. The van der Waals surface area contributed by atoms with E-state index in [9.17, 15) is 4.79 Å². The normalized spacial score (nSPS) is 32.0. The second-order valence-electron chi connectivity index (χ2n) is 6.91. The molecule has 3 atom stereocenters. The Morgan fingerprint density at radius 2 is 1.70 bits per heavy atom. The van der Waals surface area contributed by atoms with Crippen LogP contribution in [-0.4, -0.2) is 21.5 Å². The van der Waals surface area contributed by atoms with E-state index < -0.39 is 0 Å². The molecular weight excluding hydrogens is 390 g/mol. The minimum atomic E-state index is 0.196. The van der Waals surface area contributed by atoms with Crippen molar-refractivity contribution in [2.75, 3.05) is 16.8 Å². The fraction of sp³-hybridized carbons (Fsp3) is 0.611. The van der Waals surface area contributed by atoms with E-state index in [2.05, 4.69) is 44.8 Å². The second-order valence-corrected chi connectivity index (χ2v) is 10.8. The van der Waals surface area contributed by atoms with E-state index in [0.29, 0.717) is 4.08 Å². The van der Waals surface area contributed by atoms with Crippen molar-refractivity contribution in [2.24, 2.45) is 17.8 Å². The molecule has 3 fully saturated rings. The van der Waals surface area contributed by atoms with Crippen LogP contribution in [0.15, 0.2) is 28.7 Å². The SMILES string of the molecule is O=C(Nc1ccc(Br)cc1)C1C[C@H]2CCC[C@@H](C1)C21SCCS1. The van der Waals surface area contributed by atoms with E-state index in [1.54, 1.807) is 0 Å². The average Bonchev–Trinajstić information content (AvgIpc) is 2.99. The van der Waals surface area contributed by atoms with E-state index in [1.165, 1.54) is 30.8 Å². The summed E-state index contributed by atoms with van der Waals surface area (Å²) < 4.78 is 1.49. The van der Waals surface area contributed by atoms with Crippen LogP contribution in [0.25, 0.3) is 0 Å². The quantitative estimate of drug-likeness (QED) is 0.706. The lowest BCUT2D eigenvalue weighted by Crippen LogP contribution is -2.48. The predicted molar refractivity (Wildman–Crippen MR) is 104 cm³/mol. The molecule has 2 saturated carbocycles. The summed E-state index contributed by atoms with van der Waals surface area (Å²) in [4.78, 5) is 12.8. The summed E-state index contributed by atoms with van der Waals surface area (Å²) >= 11 is 7.84. The molecule has 0 radical (unpaired) electrons. The van der Waals surface area contributed by atoms with Crippen LogP contribution in [-0.2, 0) is 4.79 Å². The number of hydrogen-bond donors (Lipinski definition) is 1. The number of thioether (sulfide) groups is 2. The van der Waals surface area contributed by atoms with Crippen LogP contribution in [0.5, 0.6) is 0 Å². The Labute approximate surface area is 155 Å². The summed E-state index contributed by atoms with van der Waals surface area (Å²) in [7, 11) is 0. The lowest BCUT2D eigenvalue weighted by atomic mass is 9.67. The van der Waals surface area contributed by atoms with Gasteiger partial charge in [0.2, 0.25) is 5.91 Å². The van der Waals surface area contributed by atoms with Crippen molar-refractivity contribution in [3.8, 4) is 0 Å². The van der Waals surface area contributed by atoms with Crippen LogP contribution in [0.3, 0.4) is 0 Å². The third kappa shape index (κ3) is 3.09. The molecule has 1 N–H and O–H groups in total. The fourth-order valence-electron chi connectivity index (χ4n) is 4.60. The summed E-state index contributed by atoms with van der Waals surface area (Å²) in [5.74, 6) is 4.48. The van der Waals surface area contributed by atoms with Crippen LogP contribution in [0.2, 0.25) is 0 Å². The smallest absolute Gasteiger partial charge is 0.227 e. The Morgan fingerprint density at radius 1 is 1.09 bits per heavy atom. The van der Waals surface area contributed by atoms with Gasteiger partial charge in [0.15, 0.2) is 0 Å². The lowest BCUT2D eigenvalue weighted by molar-refractivity contribution is -0.122. The summed E-state index contributed by atoms with van der Waals surface area (Å²) in [5.41, 5.74) is 0.910. The van der Waals surface area contributed by atoms with Crippen molar-refractivity contribution in [1.82, 2.24) is 0 Å². The topological polar surface area (TPSA) is 29.1 Å². The first-order valence-electron chi connectivity index (χ1n) is 8.52. The number of benzene rings is 1. The monoisotopic (exact) mass is 411 g/mol. The van der Waals surface area contributed by atoms with Gasteiger partial charge in [0, 0.05) is 27.6 Å². The molecule has 1 aromatic carbocycles. The van der Waals surface area contributed by atoms with Gasteiger partial charge in [-0.3, -0.25) is 4.79 Å². The predicted octanol–water partition coefficient (Wildman–Crippen LogP) is 5.39. The van der Waals surface area contributed by atoms with Crippen molar-refractivity contribution in [3.63, 3.8) is 0 Å². The maximum absolute atomic E-state index is 12.8. The van der Waals surface area contributed by atoms with E-state index >= 15 is 0 Å². The molecule has 2 bridgehead atoms. The summed E-state index contributed by atoms with van der Waals surface area (Å²) in [6.45, 7) is 0. The highest BCUT2D eigenvalue weighted by molar-refractivity contribution is 9.10. The molecule has 1 aliphatic heterocycles. The average molecular weight is 412 g/mol. The Kier molecular flexibility index (Phi) is 4.72. The van der Waals surface area contributed by atoms with Gasteiger partial charge in [0.25, 0.3) is 0 Å². The minimum absolute atomic E-state index is 0.196. The zero-order chi connectivity index (χ0) is 15.9. The Balaban J connectivity index is 1.46. The third-order valence-electron chi connectivity index (χ3n) is 5.60. The molecule has 0 aromatic heterocycles. The maximum Gasteiger partial charge on any atom is 0.227 e. The van der Waals surface area contributed by atoms with Gasteiger partial charge in [-0.1, -0.05) is 22.4 Å². The Bertz CT molecular complexity index is 569. The van der Waals surface area contributed by atoms with Crippen LogP contribution in [0.1, 0.15) is 32.1 Å². The number of halogens is 1. The molecule has 3 aliphatic rings. The molecule has 2 aliphatic carbocycles. The van der Waals surface area contributed by atoms with Gasteiger partial charge in [-0.25, -0.2) is 0 Å². The number of carbonyl (C=O) groups is 1. The van der Waals surface area contributed by atoms with Gasteiger partial charge >= 0.3 is 0 Å². The summed E-state index contributed by atoms with van der Waals surface area (Å²) in [5, 5.41) is 3.13. The molecular formula is C18H22BrNOS2. The van der Waals surface area contributed by atoms with Crippen LogP contribution in [0.4, 0.5) is 5.69 Å². The van der Waals surface area contributed by atoms with Gasteiger partial charge in [-0.2, -0.15) is 0 Å². The zero-order valence-electron chi connectivity index (χ0n) is 13.1. The fourth-order valence-corrected chi connectivity index (χ4v) is 8.80. The number of anilines is 1. The van der Waals surface area contributed by atoms with Gasteiger partial charge in [-0.15, -0.1) is 23.5 Å². The molecule has 1 heterocycles. The molecule has 4 rings (SSSR count). The highest BCUT2D eigenvalue weighted by Crippen LogP contribution is 2.64. The molecule has 5 heteroatoms. The van der Waals surface area contributed by atoms with E-state index in [-0.39, 0.29) is 11.8 Å². The van der Waals surface area contributed by atoms with Gasteiger partial charge in [0.1, 0.15) is 0 Å². The second kappa shape index (κ2) is 6.64. The number of hydrogen-bond acceptors (Lipinski definition) is 3. The molecule has 1 saturated heterocycles. The van der Waals surface area contributed by atoms with Gasteiger partial charge < -0.3 is 5.32 Å². The Morgan fingerprint density at radius 3 is 2.30 bits per heavy atom. The molecule has 2 nitrogen and oxygen atoms in total. The molecule has 1 unspecified atom stereocenters. The van der Waals surface area contributed by atoms with Crippen molar-refractivity contribution in [1.29, 1.82) is 0 Å². The van der Waals surface area contributed by atoms with Crippen LogP contribution in [0, 0.1) is 17.8 Å². The molecule has 1 spiro atoms. The van der Waals surface area contributed by atoms with E-state index in [1.807, 2.05) is 24.3 Å². The highest BCUT2D eigenvalue weighted by atomic mass is 79.9. The van der Waals surface area contributed by atoms with Crippen molar-refractivity contribution >= 4 is 51.0 Å². The molecule has 23 heavy (non-hydrogen) atoms. The van der Waals surface area contributed by atoms with Crippen molar-refractivity contribution in [3.05, 3.63) is 28.7 Å². The van der Waals surface area contributed by atoms with E-state index in [4.69, 9.17) is 0 Å². The van der Waals surface area contributed by atoms with Crippen molar-refractivity contribution in [2.45, 2.75) is 36.2 Å². The standard InChI is InChI=1S/C18H22BrNOS2/c19-15-4-6-16(7-5-15)20-17(21)12-10-13-2-1-3-14(11-12)18(13)22-8-9-23-18/h4-7,12-14H,1-3,8-11H2,(H,20,21)/t12?,13-,14+. The molecule has 1 amide bonds. The third-order valence-corrected chi connectivity index (χ3v) is 10.1. The first kappa shape index (κ1) is 16.3. The number of rotatable bonds is 2. The number of nitrogens with one attached hydrogen (secondary N) is 1. The molecule has 124 valence electrons.